The van der Waals surface area contributed by atoms with Gasteiger partial charge in [0.15, 0.2) is 0 Å². The normalized spacial score (nSPS) is 15.7. The van der Waals surface area contributed by atoms with Gasteiger partial charge in [-0.25, -0.2) is 0 Å². The van der Waals surface area contributed by atoms with Crippen molar-refractivity contribution in [2.24, 2.45) is 0 Å². The summed E-state index contributed by atoms with van der Waals surface area (Å²) in [4.78, 5) is 10.3. The summed E-state index contributed by atoms with van der Waals surface area (Å²) < 4.78 is 0. The fourth-order valence-corrected chi connectivity index (χ4v) is 2.40. The standard InChI is InChI=1S/C18H34O5/c1-2-3-4-8-11-16(20)17(21)14-13-15(19)10-7-5-6-9-12-18(22)23/h13-17,19-21H,2-12H2,1H3,(H,22,23)/b14-13+. The molecule has 3 unspecified atom stereocenters. The first-order chi connectivity index (χ1) is 11.0. The zero-order chi connectivity index (χ0) is 17.5. The molecular formula is C18H34O5. The van der Waals surface area contributed by atoms with E-state index in [9.17, 15) is 20.1 Å². The third-order valence-corrected chi connectivity index (χ3v) is 3.92. The van der Waals surface area contributed by atoms with E-state index in [1.165, 1.54) is 12.2 Å². The average Bonchev–Trinajstić information content (AvgIpc) is 2.52. The minimum Gasteiger partial charge on any atom is -0.481 e. The van der Waals surface area contributed by atoms with Crippen molar-refractivity contribution in [3.05, 3.63) is 12.2 Å². The van der Waals surface area contributed by atoms with Crippen molar-refractivity contribution >= 4 is 5.97 Å². The number of unbranched alkanes of at least 4 members (excludes halogenated alkanes) is 6. The second-order valence-electron chi connectivity index (χ2n) is 6.21. The number of hydrogen-bond acceptors (Lipinski definition) is 4. The maximum atomic E-state index is 10.3. The predicted octanol–water partition coefficient (Wildman–Crippen LogP) is 3.02. The molecule has 0 fully saturated rings. The lowest BCUT2D eigenvalue weighted by atomic mass is 10.0. The molecule has 5 nitrogen and oxygen atoms in total. The Kier molecular flexibility index (Phi) is 14.1. The van der Waals surface area contributed by atoms with Gasteiger partial charge in [-0.3, -0.25) is 4.79 Å². The van der Waals surface area contributed by atoms with Crippen LogP contribution in [-0.4, -0.2) is 44.7 Å². The van der Waals surface area contributed by atoms with Crippen molar-refractivity contribution in [1.82, 2.24) is 0 Å². The summed E-state index contributed by atoms with van der Waals surface area (Å²) in [7, 11) is 0. The lowest BCUT2D eigenvalue weighted by molar-refractivity contribution is -0.137. The fourth-order valence-electron chi connectivity index (χ4n) is 2.40. The van der Waals surface area contributed by atoms with E-state index in [1.807, 2.05) is 0 Å². The van der Waals surface area contributed by atoms with Gasteiger partial charge in [0, 0.05) is 6.42 Å². The van der Waals surface area contributed by atoms with Crippen LogP contribution in [0.5, 0.6) is 0 Å². The Bertz CT molecular complexity index is 317. The van der Waals surface area contributed by atoms with Crippen molar-refractivity contribution in [3.63, 3.8) is 0 Å². The molecule has 3 atom stereocenters. The molecule has 4 N–H and O–H groups in total. The van der Waals surface area contributed by atoms with Crippen LogP contribution in [0.1, 0.15) is 77.6 Å². The van der Waals surface area contributed by atoms with E-state index in [2.05, 4.69) is 6.92 Å². The Morgan fingerprint density at radius 2 is 1.48 bits per heavy atom. The van der Waals surface area contributed by atoms with Gasteiger partial charge in [0.05, 0.1) is 18.3 Å². The zero-order valence-electron chi connectivity index (χ0n) is 14.4. The van der Waals surface area contributed by atoms with E-state index in [0.717, 1.165) is 44.9 Å². The Balaban J connectivity index is 3.71. The Morgan fingerprint density at radius 3 is 2.13 bits per heavy atom. The molecule has 0 aliphatic heterocycles. The van der Waals surface area contributed by atoms with Crippen LogP contribution in [-0.2, 0) is 4.79 Å². The molecular weight excluding hydrogens is 296 g/mol. The average molecular weight is 330 g/mol. The minimum absolute atomic E-state index is 0.199. The number of carboxylic acids is 1. The van der Waals surface area contributed by atoms with Crippen LogP contribution in [0.3, 0.4) is 0 Å². The van der Waals surface area contributed by atoms with Crippen LogP contribution in [0, 0.1) is 0 Å². The number of aliphatic hydroxyl groups is 3. The van der Waals surface area contributed by atoms with Gasteiger partial charge in [-0.2, -0.15) is 0 Å². The van der Waals surface area contributed by atoms with Crippen molar-refractivity contribution in [3.8, 4) is 0 Å². The van der Waals surface area contributed by atoms with Gasteiger partial charge < -0.3 is 20.4 Å². The molecule has 0 saturated carbocycles. The number of carbonyl (C=O) groups is 1. The third-order valence-electron chi connectivity index (χ3n) is 3.92. The fraction of sp³-hybridized carbons (Fsp3) is 0.833. The van der Waals surface area contributed by atoms with Gasteiger partial charge in [0.1, 0.15) is 0 Å². The molecule has 5 heteroatoms. The van der Waals surface area contributed by atoms with Crippen molar-refractivity contribution in [1.29, 1.82) is 0 Å². The summed E-state index contributed by atoms with van der Waals surface area (Å²) >= 11 is 0. The lowest BCUT2D eigenvalue weighted by Crippen LogP contribution is -2.24. The quantitative estimate of drug-likeness (QED) is 0.273. The van der Waals surface area contributed by atoms with E-state index in [4.69, 9.17) is 5.11 Å². The minimum atomic E-state index is -0.929. The van der Waals surface area contributed by atoms with Crippen LogP contribution in [0.2, 0.25) is 0 Å². The maximum absolute atomic E-state index is 10.3. The van der Waals surface area contributed by atoms with Gasteiger partial charge >= 0.3 is 5.97 Å². The summed E-state index contributed by atoms with van der Waals surface area (Å²) in [5.74, 6) is -0.768. The molecule has 0 saturated heterocycles. The van der Waals surface area contributed by atoms with Crippen LogP contribution in [0.4, 0.5) is 0 Å². The maximum Gasteiger partial charge on any atom is 0.303 e. The first-order valence-electron chi connectivity index (χ1n) is 8.91. The molecule has 0 aliphatic carbocycles. The number of carboxylic acid groups (broad SMARTS) is 1. The number of aliphatic carboxylic acids is 1. The van der Waals surface area contributed by atoms with Crippen molar-refractivity contribution in [2.45, 2.75) is 95.9 Å². The molecule has 0 rings (SSSR count). The highest BCUT2D eigenvalue weighted by molar-refractivity contribution is 5.66. The van der Waals surface area contributed by atoms with Gasteiger partial charge in [-0.15, -0.1) is 0 Å². The van der Waals surface area contributed by atoms with Crippen LogP contribution in [0.25, 0.3) is 0 Å². The molecule has 0 aromatic heterocycles. The van der Waals surface area contributed by atoms with Crippen molar-refractivity contribution < 1.29 is 25.2 Å². The molecule has 0 amide bonds. The highest BCUT2D eigenvalue weighted by Crippen LogP contribution is 2.11. The highest BCUT2D eigenvalue weighted by Gasteiger charge is 2.13. The highest BCUT2D eigenvalue weighted by atomic mass is 16.4. The SMILES string of the molecule is CCCCCCC(O)C(O)/C=C/C(O)CCCCCCC(=O)O. The topological polar surface area (TPSA) is 98.0 Å². The van der Waals surface area contributed by atoms with Gasteiger partial charge in [-0.05, 0) is 19.3 Å². The third kappa shape index (κ3) is 14.4. The van der Waals surface area contributed by atoms with Crippen LogP contribution >= 0.6 is 0 Å². The summed E-state index contributed by atoms with van der Waals surface area (Å²) in [5, 5.41) is 37.9. The van der Waals surface area contributed by atoms with Gasteiger partial charge in [0.25, 0.3) is 0 Å². The van der Waals surface area contributed by atoms with E-state index >= 15 is 0 Å². The molecule has 23 heavy (non-hydrogen) atoms. The lowest BCUT2D eigenvalue weighted by Gasteiger charge is -2.15. The second-order valence-corrected chi connectivity index (χ2v) is 6.21. The summed E-state index contributed by atoms with van der Waals surface area (Å²) in [6, 6.07) is 0. The Hall–Kier alpha value is -0.910. The molecule has 0 aromatic carbocycles. The summed E-state index contributed by atoms with van der Waals surface area (Å²) in [6.45, 7) is 2.13. The molecule has 136 valence electrons. The smallest absolute Gasteiger partial charge is 0.303 e. The molecule has 0 bridgehead atoms. The van der Waals surface area contributed by atoms with E-state index in [0.29, 0.717) is 19.3 Å². The largest absolute Gasteiger partial charge is 0.481 e. The first kappa shape index (κ1) is 22.1. The molecule has 0 radical (unpaired) electrons. The number of rotatable bonds is 15. The van der Waals surface area contributed by atoms with E-state index in [1.54, 1.807) is 0 Å². The van der Waals surface area contributed by atoms with Gasteiger partial charge in [0.2, 0.25) is 0 Å². The number of hydrogen-bond donors (Lipinski definition) is 4. The zero-order valence-corrected chi connectivity index (χ0v) is 14.4. The van der Waals surface area contributed by atoms with E-state index < -0.39 is 24.3 Å². The Morgan fingerprint density at radius 1 is 0.870 bits per heavy atom. The predicted molar refractivity (Wildman–Crippen MR) is 91.3 cm³/mol. The molecule has 0 spiro atoms. The monoisotopic (exact) mass is 330 g/mol. The van der Waals surface area contributed by atoms with Gasteiger partial charge in [-0.1, -0.05) is 64.0 Å². The first-order valence-corrected chi connectivity index (χ1v) is 8.91. The van der Waals surface area contributed by atoms with E-state index in [-0.39, 0.29) is 6.42 Å². The summed E-state index contributed by atoms with van der Waals surface area (Å²) in [5.41, 5.74) is 0. The number of aliphatic hydroxyl groups excluding tert-OH is 3. The Labute approximate surface area is 140 Å². The van der Waals surface area contributed by atoms with Crippen molar-refractivity contribution in [2.75, 3.05) is 0 Å². The van der Waals surface area contributed by atoms with Crippen LogP contribution in [0.15, 0.2) is 12.2 Å². The second kappa shape index (κ2) is 14.7. The van der Waals surface area contributed by atoms with Crippen LogP contribution < -0.4 is 0 Å². The molecule has 0 aliphatic rings. The molecule has 0 heterocycles. The summed E-state index contributed by atoms with van der Waals surface area (Å²) in [6.07, 6.45) is 9.52. The molecule has 0 aromatic rings.